The smallest absolute Gasteiger partial charge is 0.226 e. The zero-order chi connectivity index (χ0) is 18.9. The number of thiocarbonyl (C=S) groups is 1. The van der Waals surface area contributed by atoms with Gasteiger partial charge in [0.05, 0.1) is 0 Å². The van der Waals surface area contributed by atoms with Gasteiger partial charge in [0.1, 0.15) is 0 Å². The molecule has 2 N–H and O–H groups in total. The van der Waals surface area contributed by atoms with Crippen LogP contribution < -0.4 is 10.6 Å². The Bertz CT molecular complexity index is 584. The summed E-state index contributed by atoms with van der Waals surface area (Å²) in [5.41, 5.74) is 2.89. The van der Waals surface area contributed by atoms with Crippen LogP contribution >= 0.6 is 12.2 Å². The lowest BCUT2D eigenvalue weighted by atomic mass is 9.85. The number of hydrogen-bond acceptors (Lipinski definition) is 2. The zero-order valence-electron chi connectivity index (χ0n) is 16.6. The van der Waals surface area contributed by atoms with Crippen LogP contribution in [0, 0.1) is 5.92 Å². The highest BCUT2D eigenvalue weighted by Crippen LogP contribution is 2.35. The summed E-state index contributed by atoms with van der Waals surface area (Å²) in [6.45, 7) is 2.57. The average molecular weight is 390 g/mol. The Labute approximate surface area is 169 Å². The molecule has 0 aromatic carbocycles. The molecule has 1 heterocycles. The number of piperidine rings is 1. The average Bonchev–Trinajstić information content (AvgIpc) is 2.71. The van der Waals surface area contributed by atoms with Gasteiger partial charge >= 0.3 is 0 Å². The van der Waals surface area contributed by atoms with Crippen LogP contribution in [0.5, 0.6) is 0 Å². The summed E-state index contributed by atoms with van der Waals surface area (Å²) in [7, 11) is 0. The Morgan fingerprint density at radius 1 is 1.07 bits per heavy atom. The van der Waals surface area contributed by atoms with Gasteiger partial charge in [0, 0.05) is 31.8 Å². The molecular weight excluding hydrogens is 354 g/mol. The van der Waals surface area contributed by atoms with Crippen molar-refractivity contribution in [2.24, 2.45) is 5.92 Å². The van der Waals surface area contributed by atoms with Gasteiger partial charge in [-0.05, 0) is 88.8 Å². The maximum absolute atomic E-state index is 12.6. The number of fused-ring (bicyclic) bond motifs is 1. The first-order valence-electron chi connectivity index (χ1n) is 10.9. The van der Waals surface area contributed by atoms with E-state index in [1.807, 2.05) is 0 Å². The van der Waals surface area contributed by atoms with Crippen molar-refractivity contribution in [2.45, 2.75) is 77.0 Å². The number of likely N-dealkylation sites (tertiary alicyclic amines) is 1. The molecule has 0 spiro atoms. The van der Waals surface area contributed by atoms with Gasteiger partial charge in [-0.3, -0.25) is 4.79 Å². The predicted octanol–water partition coefficient (Wildman–Crippen LogP) is 4.43. The predicted molar refractivity (Wildman–Crippen MR) is 115 cm³/mol. The van der Waals surface area contributed by atoms with E-state index in [9.17, 15) is 4.79 Å². The summed E-state index contributed by atoms with van der Waals surface area (Å²) in [6.07, 6.45) is 18.5. The maximum Gasteiger partial charge on any atom is 0.226 e. The van der Waals surface area contributed by atoms with Crippen LogP contribution in [0.1, 0.15) is 77.0 Å². The van der Waals surface area contributed by atoms with Crippen molar-refractivity contribution < 1.29 is 4.79 Å². The third-order valence-corrected chi connectivity index (χ3v) is 6.33. The van der Waals surface area contributed by atoms with Gasteiger partial charge in [-0.2, -0.15) is 0 Å². The fourth-order valence-corrected chi connectivity index (χ4v) is 4.76. The van der Waals surface area contributed by atoms with Crippen molar-refractivity contribution in [3.05, 3.63) is 23.4 Å². The summed E-state index contributed by atoms with van der Waals surface area (Å²) in [4.78, 5) is 14.7. The number of hydrogen-bond donors (Lipinski definition) is 2. The van der Waals surface area contributed by atoms with Crippen molar-refractivity contribution in [3.8, 4) is 0 Å². The van der Waals surface area contributed by atoms with Crippen molar-refractivity contribution in [3.63, 3.8) is 0 Å². The van der Waals surface area contributed by atoms with Gasteiger partial charge in [0.2, 0.25) is 5.91 Å². The molecule has 4 nitrogen and oxygen atoms in total. The molecule has 1 unspecified atom stereocenters. The van der Waals surface area contributed by atoms with Crippen molar-refractivity contribution in [2.75, 3.05) is 19.6 Å². The highest BCUT2D eigenvalue weighted by Gasteiger charge is 2.29. The number of nitrogens with one attached hydrogen (secondary N) is 2. The molecule has 3 aliphatic rings. The first-order valence-corrected chi connectivity index (χ1v) is 11.3. The minimum Gasteiger partial charge on any atom is -0.363 e. The third kappa shape index (κ3) is 6.34. The van der Waals surface area contributed by atoms with Crippen LogP contribution in [0.2, 0.25) is 0 Å². The summed E-state index contributed by atoms with van der Waals surface area (Å²) in [5.74, 6) is 0.920. The SMILES string of the molecule is O=C(CCCNC(=S)NCCC1=CCCCC1)N1CCCC2CCCC=C21. The van der Waals surface area contributed by atoms with Crippen molar-refractivity contribution in [1.29, 1.82) is 0 Å². The molecule has 5 heteroatoms. The summed E-state index contributed by atoms with van der Waals surface area (Å²) < 4.78 is 0. The molecule has 27 heavy (non-hydrogen) atoms. The molecule has 1 amide bonds. The first-order chi connectivity index (χ1) is 13.2. The number of amides is 1. The fraction of sp³-hybridized carbons (Fsp3) is 0.727. The molecule has 1 fully saturated rings. The van der Waals surface area contributed by atoms with Gasteiger partial charge < -0.3 is 15.5 Å². The molecule has 0 radical (unpaired) electrons. The van der Waals surface area contributed by atoms with Crippen LogP contribution in [0.25, 0.3) is 0 Å². The zero-order valence-corrected chi connectivity index (χ0v) is 17.4. The van der Waals surface area contributed by atoms with E-state index < -0.39 is 0 Å². The van der Waals surface area contributed by atoms with Crippen LogP contribution in [0.4, 0.5) is 0 Å². The second-order valence-corrected chi connectivity index (χ2v) is 8.50. The van der Waals surface area contributed by atoms with E-state index in [4.69, 9.17) is 12.2 Å². The molecule has 0 aromatic rings. The minimum atomic E-state index is 0.290. The van der Waals surface area contributed by atoms with Crippen LogP contribution in [-0.2, 0) is 4.79 Å². The lowest BCUT2D eigenvalue weighted by molar-refractivity contribution is -0.130. The molecule has 0 bridgehead atoms. The van der Waals surface area contributed by atoms with E-state index in [0.29, 0.717) is 17.5 Å². The molecule has 0 saturated carbocycles. The molecule has 1 aliphatic heterocycles. The summed E-state index contributed by atoms with van der Waals surface area (Å²) >= 11 is 5.36. The topological polar surface area (TPSA) is 44.4 Å². The normalized spacial score (nSPS) is 22.4. The van der Waals surface area contributed by atoms with E-state index in [1.165, 1.54) is 50.6 Å². The van der Waals surface area contributed by atoms with Crippen LogP contribution in [0.15, 0.2) is 23.4 Å². The number of nitrogens with zero attached hydrogens (tertiary/aromatic N) is 1. The molecule has 2 aliphatic carbocycles. The molecule has 3 rings (SSSR count). The fourth-order valence-electron chi connectivity index (χ4n) is 4.55. The standard InChI is InChI=1S/C22H35N3OS/c26-21(25-17-7-11-19-10-4-5-12-20(19)25)13-6-15-23-22(27)24-16-14-18-8-2-1-3-9-18/h8,12,19H,1-7,9-11,13-17H2,(H2,23,24,27). The van der Waals surface area contributed by atoms with Crippen molar-refractivity contribution >= 4 is 23.2 Å². The number of carbonyl (C=O) groups excluding carboxylic acids is 1. The molecular formula is C22H35N3OS. The Morgan fingerprint density at radius 2 is 1.89 bits per heavy atom. The number of allylic oxidation sites excluding steroid dienone is 3. The Balaban J connectivity index is 1.29. The Morgan fingerprint density at radius 3 is 2.74 bits per heavy atom. The highest BCUT2D eigenvalue weighted by atomic mass is 32.1. The minimum absolute atomic E-state index is 0.290. The van der Waals surface area contributed by atoms with Gasteiger partial charge in [-0.1, -0.05) is 17.7 Å². The monoisotopic (exact) mass is 389 g/mol. The third-order valence-electron chi connectivity index (χ3n) is 6.05. The number of rotatable bonds is 7. The lowest BCUT2D eigenvalue weighted by Gasteiger charge is -2.38. The highest BCUT2D eigenvalue weighted by molar-refractivity contribution is 7.80. The van der Waals surface area contributed by atoms with Crippen LogP contribution in [-0.4, -0.2) is 35.6 Å². The van der Waals surface area contributed by atoms with E-state index in [2.05, 4.69) is 27.7 Å². The number of carbonyl (C=O) groups is 1. The van der Waals surface area contributed by atoms with E-state index in [0.717, 1.165) is 45.3 Å². The van der Waals surface area contributed by atoms with Crippen LogP contribution in [0.3, 0.4) is 0 Å². The molecule has 1 saturated heterocycles. The molecule has 1 atom stereocenters. The largest absolute Gasteiger partial charge is 0.363 e. The lowest BCUT2D eigenvalue weighted by Crippen LogP contribution is -2.40. The van der Waals surface area contributed by atoms with E-state index in [1.54, 1.807) is 5.57 Å². The Kier molecular flexibility index (Phi) is 8.18. The van der Waals surface area contributed by atoms with Gasteiger partial charge in [0.15, 0.2) is 5.11 Å². The quantitative estimate of drug-likeness (QED) is 0.384. The van der Waals surface area contributed by atoms with Crippen molar-refractivity contribution in [1.82, 2.24) is 15.5 Å². The van der Waals surface area contributed by atoms with E-state index >= 15 is 0 Å². The summed E-state index contributed by atoms with van der Waals surface area (Å²) in [6, 6.07) is 0. The second kappa shape index (κ2) is 10.8. The molecule has 150 valence electrons. The van der Waals surface area contributed by atoms with Gasteiger partial charge in [-0.25, -0.2) is 0 Å². The van der Waals surface area contributed by atoms with Gasteiger partial charge in [-0.15, -0.1) is 0 Å². The van der Waals surface area contributed by atoms with Gasteiger partial charge in [0.25, 0.3) is 0 Å². The molecule has 0 aromatic heterocycles. The summed E-state index contributed by atoms with van der Waals surface area (Å²) in [5, 5.41) is 7.26. The first kappa shape index (κ1) is 20.4. The Hall–Kier alpha value is -1.36. The second-order valence-electron chi connectivity index (χ2n) is 8.09. The van der Waals surface area contributed by atoms with E-state index in [-0.39, 0.29) is 5.91 Å². The maximum atomic E-state index is 12.6.